The minimum Gasteiger partial charge on any atom is -0.393 e. The molecule has 0 saturated carbocycles. The summed E-state index contributed by atoms with van der Waals surface area (Å²) >= 11 is 4.97. The van der Waals surface area contributed by atoms with E-state index in [9.17, 15) is 5.11 Å². The van der Waals surface area contributed by atoms with Gasteiger partial charge in [0.1, 0.15) is 4.99 Å². The molecule has 1 fully saturated rings. The maximum Gasteiger partial charge on any atom is 0.103 e. The fourth-order valence-corrected chi connectivity index (χ4v) is 2.40. The van der Waals surface area contributed by atoms with Gasteiger partial charge in [-0.15, -0.1) is 0 Å². The van der Waals surface area contributed by atoms with E-state index >= 15 is 0 Å². The van der Waals surface area contributed by atoms with Gasteiger partial charge >= 0.3 is 0 Å². The first-order valence-electron chi connectivity index (χ1n) is 5.91. The average Bonchev–Trinajstić information content (AvgIpc) is 2.30. The second-order valence-electron chi connectivity index (χ2n) is 4.58. The molecule has 1 aromatic rings. The van der Waals surface area contributed by atoms with Crippen molar-refractivity contribution in [3.8, 4) is 0 Å². The molecule has 0 aliphatic carbocycles. The fraction of sp³-hybridized carbons (Fsp3) is 0.462. The number of hydrogen-bond donors (Lipinski definition) is 2. The Kier molecular flexibility index (Phi) is 3.64. The van der Waals surface area contributed by atoms with Crippen molar-refractivity contribution in [3.63, 3.8) is 0 Å². The Labute approximate surface area is 107 Å². The van der Waals surface area contributed by atoms with E-state index in [2.05, 4.69) is 17.9 Å². The summed E-state index contributed by atoms with van der Waals surface area (Å²) in [6.07, 6.45) is 1.55. The molecule has 92 valence electrons. The number of thiocarbonyl (C=S) groups is 1. The van der Waals surface area contributed by atoms with Crippen molar-refractivity contribution in [1.29, 1.82) is 0 Å². The standard InChI is InChI=1S/C13H18N2OS/c1-9-8-10(13(14)17)2-3-12(9)15-6-4-11(16)5-7-15/h2-3,8,11,16H,4-7H2,1H3,(H2,14,17). The van der Waals surface area contributed by atoms with Gasteiger partial charge in [0.25, 0.3) is 0 Å². The molecule has 0 unspecified atom stereocenters. The quantitative estimate of drug-likeness (QED) is 0.783. The fourth-order valence-electron chi connectivity index (χ4n) is 2.27. The van der Waals surface area contributed by atoms with Gasteiger partial charge in [-0.3, -0.25) is 0 Å². The van der Waals surface area contributed by atoms with Crippen molar-refractivity contribution >= 4 is 22.9 Å². The van der Waals surface area contributed by atoms with E-state index in [-0.39, 0.29) is 6.10 Å². The van der Waals surface area contributed by atoms with Gasteiger partial charge in [0.2, 0.25) is 0 Å². The van der Waals surface area contributed by atoms with Gasteiger partial charge in [-0.1, -0.05) is 12.2 Å². The lowest BCUT2D eigenvalue weighted by atomic mass is 10.0. The van der Waals surface area contributed by atoms with Crippen molar-refractivity contribution in [2.45, 2.75) is 25.9 Å². The van der Waals surface area contributed by atoms with Gasteiger partial charge in [-0.25, -0.2) is 0 Å². The Hall–Kier alpha value is -1.13. The zero-order valence-corrected chi connectivity index (χ0v) is 10.8. The minimum absolute atomic E-state index is 0.137. The van der Waals surface area contributed by atoms with Crippen LogP contribution in [0.3, 0.4) is 0 Å². The molecule has 2 rings (SSSR count). The van der Waals surface area contributed by atoms with Crippen LogP contribution < -0.4 is 10.6 Å². The van der Waals surface area contributed by atoms with E-state index in [1.54, 1.807) is 0 Å². The second kappa shape index (κ2) is 5.02. The molecular weight excluding hydrogens is 232 g/mol. The number of piperidine rings is 1. The third-order valence-electron chi connectivity index (χ3n) is 3.29. The van der Waals surface area contributed by atoms with E-state index in [1.807, 2.05) is 12.1 Å². The Balaban J connectivity index is 2.19. The molecule has 1 saturated heterocycles. The minimum atomic E-state index is -0.137. The third-order valence-corrected chi connectivity index (χ3v) is 3.52. The van der Waals surface area contributed by atoms with Gasteiger partial charge < -0.3 is 15.7 Å². The molecule has 0 aromatic heterocycles. The summed E-state index contributed by atoms with van der Waals surface area (Å²) in [6, 6.07) is 6.07. The van der Waals surface area contributed by atoms with Gasteiger partial charge in [-0.05, 0) is 43.5 Å². The van der Waals surface area contributed by atoms with Crippen molar-refractivity contribution in [2.75, 3.05) is 18.0 Å². The van der Waals surface area contributed by atoms with Crippen LogP contribution in [0.4, 0.5) is 5.69 Å². The summed E-state index contributed by atoms with van der Waals surface area (Å²) in [5.74, 6) is 0. The van der Waals surface area contributed by atoms with Crippen LogP contribution in [-0.4, -0.2) is 29.3 Å². The number of aryl methyl sites for hydroxylation is 1. The van der Waals surface area contributed by atoms with Crippen molar-refractivity contribution in [1.82, 2.24) is 0 Å². The van der Waals surface area contributed by atoms with Crippen LogP contribution in [-0.2, 0) is 0 Å². The van der Waals surface area contributed by atoms with Crippen LogP contribution in [0.5, 0.6) is 0 Å². The van der Waals surface area contributed by atoms with E-state index in [1.165, 1.54) is 11.3 Å². The molecule has 4 heteroatoms. The molecule has 0 spiro atoms. The van der Waals surface area contributed by atoms with Crippen LogP contribution in [0.2, 0.25) is 0 Å². The summed E-state index contributed by atoms with van der Waals surface area (Å²) in [6.45, 7) is 3.89. The molecule has 3 nitrogen and oxygen atoms in total. The van der Waals surface area contributed by atoms with Crippen LogP contribution in [0.25, 0.3) is 0 Å². The first-order valence-corrected chi connectivity index (χ1v) is 6.32. The average molecular weight is 250 g/mol. The Morgan fingerprint density at radius 1 is 1.41 bits per heavy atom. The summed E-state index contributed by atoms with van der Waals surface area (Å²) in [7, 11) is 0. The summed E-state index contributed by atoms with van der Waals surface area (Å²) in [5.41, 5.74) is 8.94. The highest BCUT2D eigenvalue weighted by molar-refractivity contribution is 7.80. The number of nitrogens with two attached hydrogens (primary N) is 1. The molecule has 17 heavy (non-hydrogen) atoms. The Morgan fingerprint density at radius 2 is 2.06 bits per heavy atom. The second-order valence-corrected chi connectivity index (χ2v) is 5.02. The molecule has 1 heterocycles. The maximum atomic E-state index is 9.50. The SMILES string of the molecule is Cc1cc(C(N)=S)ccc1N1CCC(O)CC1. The molecule has 1 aromatic carbocycles. The lowest BCUT2D eigenvalue weighted by Gasteiger charge is -2.32. The zero-order valence-electron chi connectivity index (χ0n) is 10.0. The Morgan fingerprint density at radius 3 is 2.59 bits per heavy atom. The van der Waals surface area contributed by atoms with Crippen molar-refractivity contribution in [3.05, 3.63) is 29.3 Å². The van der Waals surface area contributed by atoms with E-state index in [0.717, 1.165) is 31.5 Å². The van der Waals surface area contributed by atoms with Crippen LogP contribution in [0.1, 0.15) is 24.0 Å². The Bertz CT molecular complexity index is 425. The monoisotopic (exact) mass is 250 g/mol. The number of aliphatic hydroxyl groups is 1. The van der Waals surface area contributed by atoms with E-state index in [0.29, 0.717) is 4.99 Å². The highest BCUT2D eigenvalue weighted by atomic mass is 32.1. The molecule has 1 aliphatic rings. The third kappa shape index (κ3) is 2.76. The smallest absolute Gasteiger partial charge is 0.103 e. The maximum absolute atomic E-state index is 9.50. The van der Waals surface area contributed by atoms with Gasteiger partial charge in [0.15, 0.2) is 0 Å². The van der Waals surface area contributed by atoms with Gasteiger partial charge in [0.05, 0.1) is 6.10 Å². The number of nitrogens with zero attached hydrogens (tertiary/aromatic N) is 1. The molecule has 0 atom stereocenters. The number of anilines is 1. The zero-order chi connectivity index (χ0) is 12.4. The summed E-state index contributed by atoms with van der Waals surface area (Å²) in [5, 5.41) is 9.50. The number of benzene rings is 1. The van der Waals surface area contributed by atoms with Crippen molar-refractivity contribution in [2.24, 2.45) is 5.73 Å². The molecular formula is C13H18N2OS. The normalized spacial score (nSPS) is 17.2. The lowest BCUT2D eigenvalue weighted by molar-refractivity contribution is 0.145. The van der Waals surface area contributed by atoms with Crippen molar-refractivity contribution < 1.29 is 5.11 Å². The predicted molar refractivity (Wildman–Crippen MR) is 74.5 cm³/mol. The van der Waals surface area contributed by atoms with Crippen LogP contribution in [0.15, 0.2) is 18.2 Å². The van der Waals surface area contributed by atoms with E-state index < -0.39 is 0 Å². The summed E-state index contributed by atoms with van der Waals surface area (Å²) in [4.78, 5) is 2.75. The summed E-state index contributed by atoms with van der Waals surface area (Å²) < 4.78 is 0. The van der Waals surface area contributed by atoms with Gasteiger partial charge in [-0.2, -0.15) is 0 Å². The van der Waals surface area contributed by atoms with Gasteiger partial charge in [0, 0.05) is 24.3 Å². The molecule has 0 bridgehead atoms. The highest BCUT2D eigenvalue weighted by Gasteiger charge is 2.18. The molecule has 0 amide bonds. The first kappa shape index (κ1) is 12.3. The van der Waals surface area contributed by atoms with E-state index in [4.69, 9.17) is 18.0 Å². The first-order chi connectivity index (χ1) is 8.08. The topological polar surface area (TPSA) is 49.5 Å². The molecule has 1 aliphatic heterocycles. The lowest BCUT2D eigenvalue weighted by Crippen LogP contribution is -2.36. The van der Waals surface area contributed by atoms with Crippen LogP contribution >= 0.6 is 12.2 Å². The number of hydrogen-bond acceptors (Lipinski definition) is 3. The number of aliphatic hydroxyl groups excluding tert-OH is 1. The predicted octanol–water partition coefficient (Wildman–Crippen LogP) is 1.59. The molecule has 3 N–H and O–H groups in total. The molecule has 0 radical (unpaired) electrons. The highest BCUT2D eigenvalue weighted by Crippen LogP contribution is 2.24. The van der Waals surface area contributed by atoms with Crippen LogP contribution in [0, 0.1) is 6.92 Å². The number of rotatable bonds is 2. The largest absolute Gasteiger partial charge is 0.393 e.